The molecule has 6 nitrogen and oxygen atoms in total. The van der Waals surface area contributed by atoms with E-state index in [1.54, 1.807) is 13.0 Å². The maximum atomic E-state index is 12.7. The molecule has 1 aliphatic rings. The van der Waals surface area contributed by atoms with Gasteiger partial charge in [0.25, 0.3) is 5.91 Å². The van der Waals surface area contributed by atoms with Crippen molar-refractivity contribution < 1.29 is 18.0 Å². The molecule has 0 aromatic heterocycles. The van der Waals surface area contributed by atoms with Gasteiger partial charge in [-0.15, -0.1) is 0 Å². The van der Waals surface area contributed by atoms with E-state index in [1.165, 1.54) is 18.2 Å². The van der Waals surface area contributed by atoms with Gasteiger partial charge in [-0.3, -0.25) is 9.59 Å². The highest BCUT2D eigenvalue weighted by molar-refractivity contribution is 7.94. The number of sulfonamides is 1. The molecule has 1 aliphatic heterocycles. The Morgan fingerprint density at radius 3 is 2.44 bits per heavy atom. The van der Waals surface area contributed by atoms with Crippen molar-refractivity contribution in [2.24, 2.45) is 5.92 Å². The van der Waals surface area contributed by atoms with Crippen LogP contribution in [0.1, 0.15) is 28.4 Å². The van der Waals surface area contributed by atoms with E-state index in [9.17, 15) is 18.0 Å². The minimum absolute atomic E-state index is 0.0925. The van der Waals surface area contributed by atoms with Gasteiger partial charge >= 0.3 is 0 Å². The molecule has 1 unspecified atom stereocenters. The number of nitrogens with zero attached hydrogens (tertiary/aromatic N) is 1. The van der Waals surface area contributed by atoms with Crippen molar-refractivity contribution in [3.8, 4) is 0 Å². The van der Waals surface area contributed by atoms with Crippen molar-refractivity contribution in [1.29, 1.82) is 0 Å². The van der Waals surface area contributed by atoms with Gasteiger partial charge in [0, 0.05) is 5.69 Å². The zero-order chi connectivity index (χ0) is 19.9. The monoisotopic (exact) mass is 406 g/mol. The SMILES string of the molecule is Cc1ccc(NC(=O)c2cc(N3C(=O)C(C)CS3(=O)=O)ccc2Cl)cc1C. The Kier molecular flexibility index (Phi) is 5.01. The summed E-state index contributed by atoms with van der Waals surface area (Å²) in [6.45, 7) is 5.46. The molecule has 0 radical (unpaired) electrons. The van der Waals surface area contributed by atoms with Crippen LogP contribution in [-0.2, 0) is 14.8 Å². The van der Waals surface area contributed by atoms with Crippen LogP contribution in [0.5, 0.6) is 0 Å². The number of hydrogen-bond acceptors (Lipinski definition) is 4. The number of rotatable bonds is 3. The largest absolute Gasteiger partial charge is 0.322 e. The summed E-state index contributed by atoms with van der Waals surface area (Å²) in [5.41, 5.74) is 2.92. The number of benzene rings is 2. The zero-order valence-electron chi connectivity index (χ0n) is 15.1. The number of aryl methyl sites for hydroxylation is 2. The molecule has 1 fully saturated rings. The second-order valence-electron chi connectivity index (χ2n) is 6.70. The van der Waals surface area contributed by atoms with Crippen molar-refractivity contribution in [2.75, 3.05) is 15.4 Å². The first-order chi connectivity index (χ1) is 12.6. The lowest BCUT2D eigenvalue weighted by molar-refractivity contribution is -0.119. The van der Waals surface area contributed by atoms with Crippen LogP contribution >= 0.6 is 11.6 Å². The predicted molar refractivity (Wildman–Crippen MR) is 106 cm³/mol. The molecule has 3 rings (SSSR count). The lowest BCUT2D eigenvalue weighted by Crippen LogP contribution is -2.30. The molecule has 1 N–H and O–H groups in total. The van der Waals surface area contributed by atoms with Crippen LogP contribution in [0.4, 0.5) is 11.4 Å². The molecule has 0 bridgehead atoms. The second kappa shape index (κ2) is 6.98. The smallest absolute Gasteiger partial charge is 0.257 e. The summed E-state index contributed by atoms with van der Waals surface area (Å²) in [6.07, 6.45) is 0. The van der Waals surface area contributed by atoms with Crippen LogP contribution in [0.2, 0.25) is 5.02 Å². The van der Waals surface area contributed by atoms with Crippen molar-refractivity contribution in [3.63, 3.8) is 0 Å². The quantitative estimate of drug-likeness (QED) is 0.845. The maximum Gasteiger partial charge on any atom is 0.257 e. The number of hydrogen-bond donors (Lipinski definition) is 1. The van der Waals surface area contributed by atoms with Crippen molar-refractivity contribution in [3.05, 3.63) is 58.1 Å². The Morgan fingerprint density at radius 2 is 1.85 bits per heavy atom. The maximum absolute atomic E-state index is 12.7. The van der Waals surface area contributed by atoms with Gasteiger partial charge < -0.3 is 5.32 Å². The fourth-order valence-electron chi connectivity index (χ4n) is 2.92. The first-order valence-corrected chi connectivity index (χ1v) is 10.3. The lowest BCUT2D eigenvalue weighted by Gasteiger charge is -2.17. The summed E-state index contributed by atoms with van der Waals surface area (Å²) in [6, 6.07) is 9.65. The molecule has 2 amide bonds. The van der Waals surface area contributed by atoms with Crippen LogP contribution < -0.4 is 9.62 Å². The van der Waals surface area contributed by atoms with E-state index < -0.39 is 27.8 Å². The highest BCUT2D eigenvalue weighted by Crippen LogP contribution is 2.31. The normalized spacial score (nSPS) is 18.6. The lowest BCUT2D eigenvalue weighted by atomic mass is 10.1. The first kappa shape index (κ1) is 19.4. The summed E-state index contributed by atoms with van der Waals surface area (Å²) in [5, 5.41) is 2.91. The predicted octanol–water partition coefficient (Wildman–Crippen LogP) is 3.52. The van der Waals surface area contributed by atoms with E-state index in [0.29, 0.717) is 5.69 Å². The number of amides is 2. The average Bonchev–Trinajstić information content (AvgIpc) is 2.79. The third-order valence-electron chi connectivity index (χ3n) is 4.55. The van der Waals surface area contributed by atoms with Gasteiger partial charge in [0.1, 0.15) is 0 Å². The number of nitrogens with one attached hydrogen (secondary N) is 1. The van der Waals surface area contributed by atoms with E-state index in [1.807, 2.05) is 26.0 Å². The summed E-state index contributed by atoms with van der Waals surface area (Å²) in [5.74, 6) is -1.88. The van der Waals surface area contributed by atoms with Gasteiger partial charge in [0.2, 0.25) is 15.9 Å². The Balaban J connectivity index is 1.95. The molecular weight excluding hydrogens is 388 g/mol. The minimum Gasteiger partial charge on any atom is -0.322 e. The molecule has 1 heterocycles. The molecule has 1 saturated heterocycles. The van der Waals surface area contributed by atoms with Gasteiger partial charge in [-0.2, -0.15) is 0 Å². The van der Waals surface area contributed by atoms with Gasteiger partial charge in [-0.1, -0.05) is 24.6 Å². The molecule has 0 spiro atoms. The number of halogens is 1. The summed E-state index contributed by atoms with van der Waals surface area (Å²) in [4.78, 5) is 24.9. The van der Waals surface area contributed by atoms with Crippen molar-refractivity contribution in [1.82, 2.24) is 0 Å². The van der Waals surface area contributed by atoms with Gasteiger partial charge in [0.15, 0.2) is 0 Å². The summed E-state index contributed by atoms with van der Waals surface area (Å²) in [7, 11) is -3.75. The third kappa shape index (κ3) is 3.70. The van der Waals surface area contributed by atoms with Crippen LogP contribution in [0.15, 0.2) is 36.4 Å². The Hall–Kier alpha value is -2.38. The van der Waals surface area contributed by atoms with E-state index in [2.05, 4.69) is 5.32 Å². The number of anilines is 2. The Morgan fingerprint density at radius 1 is 1.15 bits per heavy atom. The van der Waals surface area contributed by atoms with Crippen LogP contribution in [0, 0.1) is 19.8 Å². The molecule has 0 aliphatic carbocycles. The second-order valence-corrected chi connectivity index (χ2v) is 8.97. The Labute approximate surface area is 163 Å². The fourth-order valence-corrected chi connectivity index (χ4v) is 4.93. The number of carbonyl (C=O) groups excluding carboxylic acids is 2. The molecule has 2 aromatic rings. The van der Waals surface area contributed by atoms with E-state index in [0.717, 1.165) is 15.4 Å². The molecule has 27 heavy (non-hydrogen) atoms. The summed E-state index contributed by atoms with van der Waals surface area (Å²) < 4.78 is 25.3. The molecule has 8 heteroatoms. The third-order valence-corrected chi connectivity index (χ3v) is 6.75. The molecule has 1 atom stereocenters. The molecular formula is C19H19ClN2O4S. The molecule has 142 valence electrons. The molecule has 2 aromatic carbocycles. The van der Waals surface area contributed by atoms with Crippen molar-refractivity contribution in [2.45, 2.75) is 20.8 Å². The Bertz CT molecular complexity index is 1050. The number of carbonyl (C=O) groups is 2. The summed E-state index contributed by atoms with van der Waals surface area (Å²) >= 11 is 6.14. The van der Waals surface area contributed by atoms with Gasteiger partial charge in [-0.05, 0) is 55.3 Å². The van der Waals surface area contributed by atoms with Crippen LogP contribution in [-0.4, -0.2) is 26.0 Å². The minimum atomic E-state index is -3.75. The van der Waals surface area contributed by atoms with Crippen LogP contribution in [0.25, 0.3) is 0 Å². The highest BCUT2D eigenvalue weighted by atomic mass is 35.5. The zero-order valence-corrected chi connectivity index (χ0v) is 16.7. The fraction of sp³-hybridized carbons (Fsp3) is 0.263. The van der Waals surface area contributed by atoms with Gasteiger partial charge in [0.05, 0.1) is 27.9 Å². The van der Waals surface area contributed by atoms with E-state index >= 15 is 0 Å². The first-order valence-electron chi connectivity index (χ1n) is 8.35. The van der Waals surface area contributed by atoms with Crippen molar-refractivity contribution >= 4 is 44.8 Å². The van der Waals surface area contributed by atoms with E-state index in [4.69, 9.17) is 11.6 Å². The molecule has 0 saturated carbocycles. The standard InChI is InChI=1S/C19H19ClN2O4S/c1-11-4-5-14(8-12(11)2)21-18(23)16-9-15(6-7-17(16)20)22-19(24)13(3)10-27(22,25)26/h4-9,13H,10H2,1-3H3,(H,21,23). The van der Waals surface area contributed by atoms with E-state index in [-0.39, 0.29) is 22.0 Å². The highest BCUT2D eigenvalue weighted by Gasteiger charge is 2.42. The average molecular weight is 407 g/mol. The topological polar surface area (TPSA) is 83.6 Å². The van der Waals surface area contributed by atoms with Crippen LogP contribution in [0.3, 0.4) is 0 Å². The van der Waals surface area contributed by atoms with Gasteiger partial charge in [-0.25, -0.2) is 12.7 Å².